The van der Waals surface area contributed by atoms with Gasteiger partial charge in [0.15, 0.2) is 0 Å². The van der Waals surface area contributed by atoms with E-state index < -0.39 is 0 Å². The molecule has 98 valence electrons. The topological polar surface area (TPSA) is 0 Å². The standard InChI is InChI=1S/C18H26/c1-9-10-6-11-13-12-7-14(2)8-15(3,18(10,12)14)17(13,5)16(9,11)4/h9-13H,6-8H2,1-5H3. The summed E-state index contributed by atoms with van der Waals surface area (Å²) in [7, 11) is 0. The van der Waals surface area contributed by atoms with E-state index in [-0.39, 0.29) is 0 Å². The third kappa shape index (κ3) is 0.416. The molecule has 7 saturated carbocycles. The first-order chi connectivity index (χ1) is 8.31. The third-order valence-electron chi connectivity index (χ3n) is 11.1. The van der Waals surface area contributed by atoms with Gasteiger partial charge >= 0.3 is 0 Å². The smallest absolute Gasteiger partial charge is 0.0121 e. The zero-order valence-electron chi connectivity index (χ0n) is 12.5. The Labute approximate surface area is 111 Å². The van der Waals surface area contributed by atoms with Crippen LogP contribution in [0.3, 0.4) is 0 Å². The van der Waals surface area contributed by atoms with Crippen LogP contribution in [0.15, 0.2) is 0 Å². The van der Waals surface area contributed by atoms with E-state index >= 15 is 0 Å². The molecule has 7 aliphatic rings. The monoisotopic (exact) mass is 242 g/mol. The summed E-state index contributed by atoms with van der Waals surface area (Å²) in [5.74, 6) is 5.51. The Morgan fingerprint density at radius 2 is 1.67 bits per heavy atom. The van der Waals surface area contributed by atoms with E-state index in [1.165, 1.54) is 0 Å². The molecule has 0 saturated heterocycles. The Bertz CT molecular complexity index is 536. The Hall–Kier alpha value is 0. The second kappa shape index (κ2) is 1.89. The van der Waals surface area contributed by atoms with Crippen LogP contribution in [0, 0.1) is 56.7 Å². The quantitative estimate of drug-likeness (QED) is 0.592. The molecule has 0 N–H and O–H groups in total. The zero-order valence-corrected chi connectivity index (χ0v) is 12.5. The minimum Gasteiger partial charge on any atom is -0.0617 e. The molecular weight excluding hydrogens is 216 g/mol. The summed E-state index contributed by atoms with van der Waals surface area (Å²) in [4.78, 5) is 0. The van der Waals surface area contributed by atoms with E-state index in [4.69, 9.17) is 0 Å². The Morgan fingerprint density at radius 3 is 2.33 bits per heavy atom. The van der Waals surface area contributed by atoms with Crippen molar-refractivity contribution in [3.8, 4) is 0 Å². The van der Waals surface area contributed by atoms with Gasteiger partial charge in [-0.05, 0) is 75.9 Å². The van der Waals surface area contributed by atoms with E-state index in [1.54, 1.807) is 19.3 Å². The predicted octanol–water partition coefficient (Wildman–Crippen LogP) is 4.35. The molecule has 6 bridgehead atoms. The first-order valence-corrected chi connectivity index (χ1v) is 8.31. The summed E-state index contributed by atoms with van der Waals surface area (Å²) in [6, 6.07) is 0. The van der Waals surface area contributed by atoms with Gasteiger partial charge in [-0.1, -0.05) is 34.6 Å². The van der Waals surface area contributed by atoms with E-state index in [0.29, 0.717) is 10.8 Å². The van der Waals surface area contributed by atoms with Crippen LogP contribution < -0.4 is 0 Å². The number of rotatable bonds is 0. The molecule has 0 aromatic rings. The normalized spacial score (nSPS) is 88.2. The molecule has 0 aliphatic heterocycles. The van der Waals surface area contributed by atoms with Crippen molar-refractivity contribution in [1.29, 1.82) is 0 Å². The van der Waals surface area contributed by atoms with Crippen LogP contribution >= 0.6 is 0 Å². The lowest BCUT2D eigenvalue weighted by atomic mass is 9.20. The van der Waals surface area contributed by atoms with Crippen LogP contribution in [0.2, 0.25) is 0 Å². The van der Waals surface area contributed by atoms with Crippen LogP contribution in [0.4, 0.5) is 0 Å². The molecule has 0 aromatic carbocycles. The number of hydrogen-bond acceptors (Lipinski definition) is 0. The van der Waals surface area contributed by atoms with Gasteiger partial charge < -0.3 is 0 Å². The SMILES string of the molecule is CC1C2CC3C4C5CC6(C)CC(C)(C4(C)C13C)C256. The molecule has 0 aromatic heterocycles. The predicted molar refractivity (Wildman–Crippen MR) is 71.8 cm³/mol. The van der Waals surface area contributed by atoms with Crippen molar-refractivity contribution in [2.75, 3.05) is 0 Å². The Balaban J connectivity index is 1.76. The van der Waals surface area contributed by atoms with Crippen molar-refractivity contribution in [3.63, 3.8) is 0 Å². The van der Waals surface area contributed by atoms with Crippen molar-refractivity contribution < 1.29 is 0 Å². The highest BCUT2D eigenvalue weighted by molar-refractivity contribution is 5.49. The number of hydrogen-bond donors (Lipinski definition) is 0. The molecule has 0 heteroatoms. The van der Waals surface area contributed by atoms with Crippen molar-refractivity contribution in [3.05, 3.63) is 0 Å². The molecule has 1 spiro atoms. The molecule has 7 rings (SSSR count). The van der Waals surface area contributed by atoms with Crippen LogP contribution in [-0.2, 0) is 0 Å². The van der Waals surface area contributed by atoms with E-state index in [2.05, 4.69) is 34.6 Å². The van der Waals surface area contributed by atoms with E-state index in [9.17, 15) is 0 Å². The summed E-state index contributed by atoms with van der Waals surface area (Å²) < 4.78 is 0. The summed E-state index contributed by atoms with van der Waals surface area (Å²) in [5.41, 5.74) is 3.71. The molecule has 0 nitrogen and oxygen atoms in total. The van der Waals surface area contributed by atoms with Crippen molar-refractivity contribution >= 4 is 0 Å². The first kappa shape index (κ1) is 9.83. The highest BCUT2D eigenvalue weighted by Gasteiger charge is 3.02. The van der Waals surface area contributed by atoms with Gasteiger partial charge in [-0.3, -0.25) is 0 Å². The van der Waals surface area contributed by atoms with Crippen molar-refractivity contribution in [2.45, 2.75) is 53.9 Å². The maximum Gasteiger partial charge on any atom is -0.0121 e. The lowest BCUT2D eigenvalue weighted by Crippen LogP contribution is -2.78. The lowest BCUT2D eigenvalue weighted by Gasteiger charge is -2.84. The van der Waals surface area contributed by atoms with Crippen molar-refractivity contribution in [1.82, 2.24) is 0 Å². The van der Waals surface area contributed by atoms with Crippen LogP contribution in [0.1, 0.15) is 53.9 Å². The molecule has 18 heavy (non-hydrogen) atoms. The Morgan fingerprint density at radius 1 is 0.944 bits per heavy atom. The van der Waals surface area contributed by atoms with Gasteiger partial charge in [0, 0.05) is 0 Å². The van der Waals surface area contributed by atoms with Crippen LogP contribution in [0.25, 0.3) is 0 Å². The lowest BCUT2D eigenvalue weighted by molar-refractivity contribution is -0.365. The summed E-state index contributed by atoms with van der Waals surface area (Å²) in [5, 5.41) is 0. The third-order valence-corrected chi connectivity index (χ3v) is 11.1. The van der Waals surface area contributed by atoms with E-state index in [1.807, 2.05) is 0 Å². The minimum absolute atomic E-state index is 0.706. The fraction of sp³-hybridized carbons (Fsp3) is 1.00. The summed E-state index contributed by atoms with van der Waals surface area (Å²) >= 11 is 0. The van der Waals surface area contributed by atoms with Gasteiger partial charge in [0.1, 0.15) is 0 Å². The fourth-order valence-corrected chi connectivity index (χ4v) is 11.1. The molecule has 7 aliphatic carbocycles. The van der Waals surface area contributed by atoms with E-state index in [0.717, 1.165) is 45.8 Å². The fourth-order valence-electron chi connectivity index (χ4n) is 11.1. The van der Waals surface area contributed by atoms with Gasteiger partial charge in [-0.25, -0.2) is 0 Å². The molecule has 0 heterocycles. The zero-order chi connectivity index (χ0) is 12.5. The first-order valence-electron chi connectivity index (χ1n) is 8.31. The molecule has 7 fully saturated rings. The highest BCUT2D eigenvalue weighted by Crippen LogP contribution is 3.07. The van der Waals surface area contributed by atoms with Gasteiger partial charge in [0.25, 0.3) is 0 Å². The van der Waals surface area contributed by atoms with Crippen LogP contribution in [-0.4, -0.2) is 0 Å². The largest absolute Gasteiger partial charge is 0.0617 e. The summed E-state index contributed by atoms with van der Waals surface area (Å²) in [6.07, 6.45) is 4.77. The average molecular weight is 242 g/mol. The maximum absolute atomic E-state index is 2.73. The second-order valence-corrected chi connectivity index (χ2v) is 10.00. The summed E-state index contributed by atoms with van der Waals surface area (Å²) in [6.45, 7) is 13.4. The minimum atomic E-state index is 0.706. The molecule has 10 atom stereocenters. The average Bonchev–Trinajstić information content (AvgIpc) is 2.44. The second-order valence-electron chi connectivity index (χ2n) is 10.00. The van der Waals surface area contributed by atoms with Gasteiger partial charge in [0.05, 0.1) is 0 Å². The molecular formula is C18H26. The highest BCUT2D eigenvalue weighted by atomic mass is 15.1. The van der Waals surface area contributed by atoms with Crippen molar-refractivity contribution in [2.24, 2.45) is 56.7 Å². The molecule has 0 radical (unpaired) electrons. The Kier molecular flexibility index (Phi) is 1.03. The maximum atomic E-state index is 2.73. The van der Waals surface area contributed by atoms with Gasteiger partial charge in [0.2, 0.25) is 0 Å². The molecule has 0 amide bonds. The van der Waals surface area contributed by atoms with Crippen LogP contribution in [0.5, 0.6) is 0 Å². The van der Waals surface area contributed by atoms with Gasteiger partial charge in [-0.15, -0.1) is 0 Å². The van der Waals surface area contributed by atoms with Gasteiger partial charge in [-0.2, -0.15) is 0 Å². The molecule has 10 unspecified atom stereocenters.